The number of carbonyl (C=O) groups is 2. The summed E-state index contributed by atoms with van der Waals surface area (Å²) in [4.78, 5) is 42.0. The summed E-state index contributed by atoms with van der Waals surface area (Å²) in [6.07, 6.45) is 1.02. The van der Waals surface area contributed by atoms with Gasteiger partial charge < -0.3 is 23.9 Å². The van der Waals surface area contributed by atoms with E-state index in [1.807, 2.05) is 19.1 Å². The zero-order chi connectivity index (χ0) is 22.7. The smallest absolute Gasteiger partial charge is 0.336 e. The fourth-order valence-electron chi connectivity index (χ4n) is 3.91. The summed E-state index contributed by atoms with van der Waals surface area (Å²) < 4.78 is 11.4. The van der Waals surface area contributed by atoms with Crippen molar-refractivity contribution in [3.8, 4) is 5.75 Å². The molecule has 8 nitrogen and oxygen atoms in total. The fourth-order valence-corrected chi connectivity index (χ4v) is 3.91. The Balaban J connectivity index is 1.72. The Morgan fingerprint density at radius 3 is 2.42 bits per heavy atom. The van der Waals surface area contributed by atoms with Gasteiger partial charge >= 0.3 is 11.7 Å². The summed E-state index contributed by atoms with van der Waals surface area (Å²) in [7, 11) is 3.43. The summed E-state index contributed by atoms with van der Waals surface area (Å²) in [6, 6.07) is 5.20. The lowest BCUT2D eigenvalue weighted by molar-refractivity contribution is -0.139. The lowest BCUT2D eigenvalue weighted by atomic mass is 10.0. The van der Waals surface area contributed by atoms with E-state index in [9.17, 15) is 14.4 Å². The standard InChI is InChI=1S/C23H31N3O5/c1-6-7-17-14-20(27)31-21-15(2)19(9-8-18(17)21)30-16(3)22(28)25-10-12-26(13-11-25)23(29)24(4)5/h8-9,14,16H,6-7,10-13H2,1-5H3. The van der Waals surface area contributed by atoms with Crippen molar-refractivity contribution in [2.75, 3.05) is 40.3 Å². The van der Waals surface area contributed by atoms with Crippen LogP contribution in [-0.4, -0.2) is 73.0 Å². The predicted molar refractivity (Wildman–Crippen MR) is 119 cm³/mol. The van der Waals surface area contributed by atoms with E-state index in [-0.39, 0.29) is 17.6 Å². The van der Waals surface area contributed by atoms with Crippen molar-refractivity contribution in [3.63, 3.8) is 0 Å². The second kappa shape index (κ2) is 9.41. The first-order valence-corrected chi connectivity index (χ1v) is 10.7. The summed E-state index contributed by atoms with van der Waals surface area (Å²) in [5.41, 5.74) is 1.78. The van der Waals surface area contributed by atoms with E-state index in [0.29, 0.717) is 43.1 Å². The van der Waals surface area contributed by atoms with Gasteiger partial charge in [-0.3, -0.25) is 4.79 Å². The van der Waals surface area contributed by atoms with E-state index >= 15 is 0 Å². The molecular weight excluding hydrogens is 398 g/mol. The number of amides is 3. The second-order valence-electron chi connectivity index (χ2n) is 8.16. The molecule has 0 N–H and O–H groups in total. The van der Waals surface area contributed by atoms with Crippen LogP contribution in [0.25, 0.3) is 11.0 Å². The first-order valence-electron chi connectivity index (χ1n) is 10.7. The van der Waals surface area contributed by atoms with Gasteiger partial charge in [0.05, 0.1) is 0 Å². The molecule has 1 aromatic carbocycles. The van der Waals surface area contributed by atoms with Crippen LogP contribution in [-0.2, 0) is 11.2 Å². The maximum absolute atomic E-state index is 12.9. The number of fused-ring (bicyclic) bond motifs is 1. The third-order valence-electron chi connectivity index (χ3n) is 5.61. The molecule has 31 heavy (non-hydrogen) atoms. The molecule has 1 fully saturated rings. The number of ether oxygens (including phenoxy) is 1. The maximum atomic E-state index is 12.9. The van der Waals surface area contributed by atoms with Crippen LogP contribution in [0.5, 0.6) is 5.75 Å². The van der Waals surface area contributed by atoms with Crippen molar-refractivity contribution in [2.24, 2.45) is 0 Å². The average Bonchev–Trinajstić information content (AvgIpc) is 2.75. The molecule has 1 aliphatic heterocycles. The summed E-state index contributed by atoms with van der Waals surface area (Å²) in [5.74, 6) is 0.393. The summed E-state index contributed by atoms with van der Waals surface area (Å²) in [6.45, 7) is 7.54. The molecule has 1 atom stereocenters. The molecule has 0 spiro atoms. The Bertz CT molecular complexity index is 1020. The SMILES string of the molecule is CCCc1cc(=O)oc2c(C)c(OC(C)C(=O)N3CCN(C(=O)N(C)C)CC3)ccc12. The molecule has 168 valence electrons. The Morgan fingerprint density at radius 1 is 1.16 bits per heavy atom. The van der Waals surface area contributed by atoms with Gasteiger partial charge in [-0.05, 0) is 38.0 Å². The van der Waals surface area contributed by atoms with Gasteiger partial charge in [-0.15, -0.1) is 0 Å². The molecule has 1 aromatic heterocycles. The molecule has 3 amide bonds. The number of rotatable bonds is 5. The molecule has 1 aliphatic rings. The predicted octanol–water partition coefficient (Wildman–Crippen LogP) is 2.65. The van der Waals surface area contributed by atoms with E-state index in [4.69, 9.17) is 9.15 Å². The number of carbonyl (C=O) groups excluding carboxylic acids is 2. The lowest BCUT2D eigenvalue weighted by Crippen LogP contribution is -2.54. The molecule has 0 saturated carbocycles. The molecule has 8 heteroatoms. The van der Waals surface area contributed by atoms with Gasteiger partial charge in [-0.25, -0.2) is 9.59 Å². The monoisotopic (exact) mass is 429 g/mol. The number of nitrogens with zero attached hydrogens (tertiary/aromatic N) is 3. The van der Waals surface area contributed by atoms with Crippen LogP contribution in [0.3, 0.4) is 0 Å². The van der Waals surface area contributed by atoms with Crippen LogP contribution in [0.4, 0.5) is 4.79 Å². The number of hydrogen-bond acceptors (Lipinski definition) is 5. The third kappa shape index (κ3) is 4.84. The van der Waals surface area contributed by atoms with E-state index in [0.717, 1.165) is 23.8 Å². The normalized spacial score (nSPS) is 15.1. The molecule has 3 rings (SSSR count). The summed E-state index contributed by atoms with van der Waals surface area (Å²) in [5, 5.41) is 0.895. The van der Waals surface area contributed by atoms with Gasteiger partial charge in [0.15, 0.2) is 6.10 Å². The van der Waals surface area contributed by atoms with Gasteiger partial charge in [0.1, 0.15) is 11.3 Å². The quantitative estimate of drug-likeness (QED) is 0.683. The Labute approximate surface area is 182 Å². The minimum absolute atomic E-state index is 0.0490. The molecule has 0 radical (unpaired) electrons. The highest BCUT2D eigenvalue weighted by Gasteiger charge is 2.28. The zero-order valence-electron chi connectivity index (χ0n) is 18.9. The number of aryl methyl sites for hydroxylation is 2. The zero-order valence-corrected chi connectivity index (χ0v) is 18.9. The number of urea groups is 1. The topological polar surface area (TPSA) is 83.3 Å². The minimum Gasteiger partial charge on any atom is -0.480 e. The van der Waals surface area contributed by atoms with Gasteiger partial charge in [0.25, 0.3) is 5.91 Å². The highest BCUT2D eigenvalue weighted by atomic mass is 16.5. The Morgan fingerprint density at radius 2 is 1.81 bits per heavy atom. The van der Waals surface area contributed by atoms with E-state index in [2.05, 4.69) is 6.92 Å². The van der Waals surface area contributed by atoms with E-state index in [1.54, 1.807) is 36.9 Å². The highest BCUT2D eigenvalue weighted by Crippen LogP contribution is 2.29. The van der Waals surface area contributed by atoms with Crippen LogP contribution >= 0.6 is 0 Å². The van der Waals surface area contributed by atoms with E-state index < -0.39 is 6.10 Å². The van der Waals surface area contributed by atoms with Crippen LogP contribution in [0.2, 0.25) is 0 Å². The molecule has 0 aliphatic carbocycles. The highest BCUT2D eigenvalue weighted by molar-refractivity contribution is 5.86. The Kier molecular flexibility index (Phi) is 6.87. The average molecular weight is 430 g/mol. The number of hydrogen-bond donors (Lipinski definition) is 0. The molecule has 1 saturated heterocycles. The minimum atomic E-state index is -0.696. The maximum Gasteiger partial charge on any atom is 0.336 e. The molecule has 2 heterocycles. The fraction of sp³-hybridized carbons (Fsp3) is 0.522. The largest absolute Gasteiger partial charge is 0.480 e. The second-order valence-corrected chi connectivity index (χ2v) is 8.16. The number of piperazine rings is 1. The van der Waals surface area contributed by atoms with E-state index in [1.165, 1.54) is 4.90 Å². The van der Waals surface area contributed by atoms with Gasteiger partial charge in [0.2, 0.25) is 0 Å². The Hall–Kier alpha value is -3.03. The van der Waals surface area contributed by atoms with Crippen LogP contribution < -0.4 is 10.4 Å². The summed E-state index contributed by atoms with van der Waals surface area (Å²) >= 11 is 0. The molecule has 2 aromatic rings. The number of benzene rings is 1. The van der Waals surface area contributed by atoms with Crippen molar-refractivity contribution in [1.82, 2.24) is 14.7 Å². The molecular formula is C23H31N3O5. The van der Waals surface area contributed by atoms with Crippen molar-refractivity contribution in [1.29, 1.82) is 0 Å². The first-order chi connectivity index (χ1) is 14.7. The van der Waals surface area contributed by atoms with Crippen LogP contribution in [0.15, 0.2) is 27.4 Å². The van der Waals surface area contributed by atoms with Crippen molar-refractivity contribution in [3.05, 3.63) is 39.7 Å². The van der Waals surface area contributed by atoms with Crippen molar-refractivity contribution in [2.45, 2.75) is 39.7 Å². The molecule has 0 bridgehead atoms. The van der Waals surface area contributed by atoms with Gasteiger partial charge in [0, 0.05) is 57.3 Å². The van der Waals surface area contributed by atoms with Gasteiger partial charge in [-0.1, -0.05) is 13.3 Å². The van der Waals surface area contributed by atoms with Crippen molar-refractivity contribution >= 4 is 22.9 Å². The molecule has 1 unspecified atom stereocenters. The van der Waals surface area contributed by atoms with Crippen LogP contribution in [0.1, 0.15) is 31.4 Å². The van der Waals surface area contributed by atoms with Crippen molar-refractivity contribution < 1.29 is 18.7 Å². The van der Waals surface area contributed by atoms with Crippen LogP contribution in [0, 0.1) is 6.92 Å². The first kappa shape index (κ1) is 22.7. The van der Waals surface area contributed by atoms with Gasteiger partial charge in [-0.2, -0.15) is 0 Å². The third-order valence-corrected chi connectivity index (χ3v) is 5.61. The lowest BCUT2D eigenvalue weighted by Gasteiger charge is -2.36.